The number of nitrogens with one attached hydrogen (secondary N) is 1. The Morgan fingerprint density at radius 3 is 2.45 bits per heavy atom. The molecular formula is C14H25NO5. The number of alkyl carbamates (subject to hydrolysis) is 1. The summed E-state index contributed by atoms with van der Waals surface area (Å²) in [6.45, 7) is 6.70. The van der Waals surface area contributed by atoms with Crippen LogP contribution in [0, 0.1) is 5.92 Å². The van der Waals surface area contributed by atoms with Crippen molar-refractivity contribution in [3.63, 3.8) is 0 Å². The van der Waals surface area contributed by atoms with Crippen molar-refractivity contribution in [1.82, 2.24) is 5.32 Å². The molecule has 0 aromatic rings. The second kappa shape index (κ2) is 7.47. The van der Waals surface area contributed by atoms with Gasteiger partial charge < -0.3 is 19.9 Å². The van der Waals surface area contributed by atoms with E-state index in [4.69, 9.17) is 14.6 Å². The maximum absolute atomic E-state index is 11.6. The highest BCUT2D eigenvalue weighted by atomic mass is 16.6. The summed E-state index contributed by atoms with van der Waals surface area (Å²) in [5, 5.41) is 11.6. The van der Waals surface area contributed by atoms with Crippen LogP contribution in [0.1, 0.15) is 46.5 Å². The molecule has 6 heteroatoms. The molecule has 0 spiro atoms. The highest BCUT2D eigenvalue weighted by Gasteiger charge is 2.25. The van der Waals surface area contributed by atoms with Crippen LogP contribution in [0.2, 0.25) is 0 Å². The smallest absolute Gasteiger partial charge is 0.408 e. The highest BCUT2D eigenvalue weighted by Crippen LogP contribution is 2.21. The molecule has 1 rings (SSSR count). The lowest BCUT2D eigenvalue weighted by molar-refractivity contribution is -0.139. The van der Waals surface area contributed by atoms with Crippen molar-refractivity contribution in [2.24, 2.45) is 5.92 Å². The molecule has 116 valence electrons. The molecule has 1 atom stereocenters. The lowest BCUT2D eigenvalue weighted by Crippen LogP contribution is -2.43. The Labute approximate surface area is 119 Å². The van der Waals surface area contributed by atoms with Gasteiger partial charge in [0.1, 0.15) is 11.6 Å². The largest absolute Gasteiger partial charge is 0.480 e. The number of carboxylic acids is 1. The molecule has 0 radical (unpaired) electrons. The Kier molecular flexibility index (Phi) is 6.26. The van der Waals surface area contributed by atoms with Gasteiger partial charge in [-0.3, -0.25) is 0 Å². The van der Waals surface area contributed by atoms with Gasteiger partial charge in [-0.1, -0.05) is 0 Å². The van der Waals surface area contributed by atoms with E-state index in [1.165, 1.54) is 0 Å². The minimum Gasteiger partial charge on any atom is -0.480 e. The summed E-state index contributed by atoms with van der Waals surface area (Å²) in [5.74, 6) is -0.547. The number of carbonyl (C=O) groups is 2. The van der Waals surface area contributed by atoms with E-state index in [1.807, 2.05) is 0 Å². The molecule has 0 unspecified atom stereocenters. The van der Waals surface area contributed by atoms with E-state index in [-0.39, 0.29) is 0 Å². The maximum atomic E-state index is 11.6. The molecule has 0 aliphatic carbocycles. The van der Waals surface area contributed by atoms with Crippen molar-refractivity contribution >= 4 is 12.1 Å². The number of amides is 1. The first-order valence-electron chi connectivity index (χ1n) is 7.08. The normalized spacial score (nSPS) is 18.4. The third kappa shape index (κ3) is 6.75. The summed E-state index contributed by atoms with van der Waals surface area (Å²) in [4.78, 5) is 22.8. The quantitative estimate of drug-likeness (QED) is 0.809. The topological polar surface area (TPSA) is 84.9 Å². The van der Waals surface area contributed by atoms with Crippen molar-refractivity contribution in [2.75, 3.05) is 13.2 Å². The molecule has 1 amide bonds. The summed E-state index contributed by atoms with van der Waals surface area (Å²) in [6, 6.07) is -0.896. The number of rotatable bonds is 5. The molecule has 1 fully saturated rings. The minimum atomic E-state index is -1.03. The number of carboxylic acid groups (broad SMARTS) is 1. The van der Waals surface area contributed by atoms with E-state index in [1.54, 1.807) is 20.8 Å². The fraction of sp³-hybridized carbons (Fsp3) is 0.857. The Bertz CT molecular complexity index is 331. The maximum Gasteiger partial charge on any atom is 0.408 e. The predicted molar refractivity (Wildman–Crippen MR) is 73.6 cm³/mol. The van der Waals surface area contributed by atoms with Gasteiger partial charge in [-0.15, -0.1) is 0 Å². The Morgan fingerprint density at radius 1 is 1.35 bits per heavy atom. The van der Waals surface area contributed by atoms with E-state index in [9.17, 15) is 9.59 Å². The van der Waals surface area contributed by atoms with Gasteiger partial charge in [0.05, 0.1) is 0 Å². The third-order valence-electron chi connectivity index (χ3n) is 3.19. The molecule has 0 aromatic carbocycles. The molecule has 1 saturated heterocycles. The molecule has 6 nitrogen and oxygen atoms in total. The van der Waals surface area contributed by atoms with Crippen molar-refractivity contribution in [3.05, 3.63) is 0 Å². The standard InChI is InChI=1S/C14H25NO5/c1-14(2,3)20-13(18)15-11(12(16)17)5-4-10-6-8-19-9-7-10/h10-11H,4-9H2,1-3H3,(H,15,18)(H,16,17)/t11-/m1/s1. The van der Waals surface area contributed by atoms with Crippen LogP contribution in [-0.4, -0.2) is 42.0 Å². The molecule has 0 bridgehead atoms. The van der Waals surface area contributed by atoms with Crippen molar-refractivity contribution < 1.29 is 24.2 Å². The fourth-order valence-electron chi connectivity index (χ4n) is 2.14. The summed E-state index contributed by atoms with van der Waals surface area (Å²) < 4.78 is 10.3. The Balaban J connectivity index is 2.39. The zero-order valence-electron chi connectivity index (χ0n) is 12.5. The van der Waals surface area contributed by atoms with Gasteiger partial charge in [-0.2, -0.15) is 0 Å². The molecule has 1 aliphatic heterocycles. The first kappa shape index (κ1) is 16.8. The molecule has 1 aliphatic rings. The average Bonchev–Trinajstić information content (AvgIpc) is 2.33. The van der Waals surface area contributed by atoms with Gasteiger partial charge >= 0.3 is 12.1 Å². The Morgan fingerprint density at radius 2 is 1.95 bits per heavy atom. The zero-order chi connectivity index (χ0) is 15.2. The first-order valence-corrected chi connectivity index (χ1v) is 7.08. The van der Waals surface area contributed by atoms with Gasteiger partial charge in [-0.25, -0.2) is 9.59 Å². The average molecular weight is 287 g/mol. The first-order chi connectivity index (χ1) is 9.28. The van der Waals surface area contributed by atoms with Crippen LogP contribution < -0.4 is 5.32 Å². The highest BCUT2D eigenvalue weighted by molar-refractivity contribution is 5.79. The van der Waals surface area contributed by atoms with Gasteiger partial charge in [-0.05, 0) is 52.4 Å². The molecule has 0 aromatic heterocycles. The number of hydrogen-bond acceptors (Lipinski definition) is 4. The number of ether oxygens (including phenoxy) is 2. The van der Waals surface area contributed by atoms with E-state index in [2.05, 4.69) is 5.32 Å². The summed E-state index contributed by atoms with van der Waals surface area (Å²) >= 11 is 0. The van der Waals surface area contributed by atoms with E-state index >= 15 is 0 Å². The molecule has 1 heterocycles. The molecule has 0 saturated carbocycles. The van der Waals surface area contributed by atoms with E-state index in [0.29, 0.717) is 12.3 Å². The Hall–Kier alpha value is -1.30. The van der Waals surface area contributed by atoms with Gasteiger partial charge in [0.2, 0.25) is 0 Å². The third-order valence-corrected chi connectivity index (χ3v) is 3.19. The van der Waals surface area contributed by atoms with Crippen molar-refractivity contribution in [2.45, 2.75) is 58.1 Å². The molecule has 20 heavy (non-hydrogen) atoms. The van der Waals surface area contributed by atoms with Crippen LogP contribution >= 0.6 is 0 Å². The molecule has 2 N–H and O–H groups in total. The van der Waals surface area contributed by atoms with E-state index < -0.39 is 23.7 Å². The monoisotopic (exact) mass is 287 g/mol. The van der Waals surface area contributed by atoms with Crippen molar-refractivity contribution in [1.29, 1.82) is 0 Å². The van der Waals surface area contributed by atoms with Crippen LogP contribution in [0.5, 0.6) is 0 Å². The van der Waals surface area contributed by atoms with Gasteiger partial charge in [0, 0.05) is 13.2 Å². The van der Waals surface area contributed by atoms with Crippen molar-refractivity contribution in [3.8, 4) is 0 Å². The zero-order valence-corrected chi connectivity index (χ0v) is 12.5. The molecular weight excluding hydrogens is 262 g/mol. The second-order valence-electron chi connectivity index (χ2n) is 6.17. The number of carbonyl (C=O) groups excluding carboxylic acids is 1. The predicted octanol–water partition coefficient (Wildman–Crippen LogP) is 2.17. The number of aliphatic carboxylic acids is 1. The SMILES string of the molecule is CC(C)(C)OC(=O)N[C@H](CCC1CCOCC1)C(=O)O. The lowest BCUT2D eigenvalue weighted by atomic mass is 9.93. The van der Waals surface area contributed by atoms with Crippen LogP contribution in [0.3, 0.4) is 0 Å². The van der Waals surface area contributed by atoms with Gasteiger partial charge in [0.15, 0.2) is 0 Å². The lowest BCUT2D eigenvalue weighted by Gasteiger charge is -2.25. The summed E-state index contributed by atoms with van der Waals surface area (Å²) in [7, 11) is 0. The summed E-state index contributed by atoms with van der Waals surface area (Å²) in [6.07, 6.45) is 2.42. The fourth-order valence-corrected chi connectivity index (χ4v) is 2.14. The van der Waals surface area contributed by atoms with Crippen LogP contribution in [-0.2, 0) is 14.3 Å². The van der Waals surface area contributed by atoms with Crippen LogP contribution in [0.15, 0.2) is 0 Å². The summed E-state index contributed by atoms with van der Waals surface area (Å²) in [5.41, 5.74) is -0.631. The van der Waals surface area contributed by atoms with Crippen LogP contribution in [0.25, 0.3) is 0 Å². The second-order valence-corrected chi connectivity index (χ2v) is 6.17. The van der Waals surface area contributed by atoms with E-state index in [0.717, 1.165) is 32.5 Å². The minimum absolute atomic E-state index is 0.416. The number of hydrogen-bond donors (Lipinski definition) is 2. The van der Waals surface area contributed by atoms with Crippen LogP contribution in [0.4, 0.5) is 4.79 Å². The van der Waals surface area contributed by atoms with Gasteiger partial charge in [0.25, 0.3) is 0 Å².